The number of ether oxygens (including phenoxy) is 4. The van der Waals surface area contributed by atoms with Crippen molar-refractivity contribution in [3.63, 3.8) is 0 Å². The summed E-state index contributed by atoms with van der Waals surface area (Å²) in [5, 5.41) is 38.2. The fourth-order valence-electron chi connectivity index (χ4n) is 4.22. The summed E-state index contributed by atoms with van der Waals surface area (Å²) in [4.78, 5) is 0. The fraction of sp³-hybridized carbons (Fsp3) is 0.257. The normalized spacial score (nSPS) is 12.3. The SMILES string of the molecule is CC(C)(c1ccc(OCC(O)COc2ccc(C#N)cc2)cc1)c1ccc(OCC(O)COc2ccc(C#N)cc2)cc1. The summed E-state index contributed by atoms with van der Waals surface area (Å²) < 4.78 is 22.6. The van der Waals surface area contributed by atoms with Gasteiger partial charge < -0.3 is 29.2 Å². The van der Waals surface area contributed by atoms with Crippen molar-refractivity contribution in [1.29, 1.82) is 10.5 Å². The van der Waals surface area contributed by atoms with Gasteiger partial charge in [0, 0.05) is 5.41 Å². The van der Waals surface area contributed by atoms with Gasteiger partial charge in [0.1, 0.15) is 61.6 Å². The molecule has 0 amide bonds. The number of nitriles is 2. The molecule has 0 fully saturated rings. The van der Waals surface area contributed by atoms with Crippen LogP contribution in [0.1, 0.15) is 36.1 Å². The molecule has 4 aromatic carbocycles. The van der Waals surface area contributed by atoms with Crippen molar-refractivity contribution in [3.05, 3.63) is 119 Å². The average Bonchev–Trinajstić information content (AvgIpc) is 3.05. The zero-order valence-corrected chi connectivity index (χ0v) is 24.1. The Morgan fingerprint density at radius 3 is 1.02 bits per heavy atom. The van der Waals surface area contributed by atoms with E-state index < -0.39 is 12.2 Å². The second-order valence-corrected chi connectivity index (χ2v) is 10.5. The first kappa shape index (κ1) is 30.9. The van der Waals surface area contributed by atoms with Crippen LogP contribution in [0.5, 0.6) is 23.0 Å². The summed E-state index contributed by atoms with van der Waals surface area (Å²) >= 11 is 0. The van der Waals surface area contributed by atoms with Gasteiger partial charge in [-0.3, -0.25) is 0 Å². The number of nitrogens with zero attached hydrogens (tertiary/aromatic N) is 2. The van der Waals surface area contributed by atoms with Gasteiger partial charge in [0.15, 0.2) is 0 Å². The minimum absolute atomic E-state index is 0.0715. The lowest BCUT2D eigenvalue weighted by molar-refractivity contribution is 0.0626. The van der Waals surface area contributed by atoms with Crippen LogP contribution in [0.25, 0.3) is 0 Å². The van der Waals surface area contributed by atoms with E-state index in [1.807, 2.05) is 48.5 Å². The van der Waals surface area contributed by atoms with Crippen molar-refractivity contribution in [2.45, 2.75) is 31.5 Å². The Hall–Kier alpha value is -5.02. The van der Waals surface area contributed by atoms with E-state index >= 15 is 0 Å². The Labute approximate surface area is 251 Å². The van der Waals surface area contributed by atoms with E-state index in [9.17, 15) is 10.2 Å². The van der Waals surface area contributed by atoms with E-state index in [0.29, 0.717) is 34.1 Å². The maximum Gasteiger partial charge on any atom is 0.122 e. The lowest BCUT2D eigenvalue weighted by Crippen LogP contribution is -2.25. The lowest BCUT2D eigenvalue weighted by Gasteiger charge is -2.26. The van der Waals surface area contributed by atoms with Gasteiger partial charge in [0.25, 0.3) is 0 Å². The van der Waals surface area contributed by atoms with Crippen LogP contribution in [0.3, 0.4) is 0 Å². The van der Waals surface area contributed by atoms with Crippen molar-refractivity contribution in [2.75, 3.05) is 26.4 Å². The number of rotatable bonds is 14. The second-order valence-electron chi connectivity index (χ2n) is 10.5. The Morgan fingerprint density at radius 2 is 0.767 bits per heavy atom. The Balaban J connectivity index is 1.22. The molecule has 0 spiro atoms. The molecule has 220 valence electrons. The summed E-state index contributed by atoms with van der Waals surface area (Å²) in [7, 11) is 0. The van der Waals surface area contributed by atoms with Crippen LogP contribution in [-0.2, 0) is 5.41 Å². The van der Waals surface area contributed by atoms with Gasteiger partial charge in [0.05, 0.1) is 23.3 Å². The average molecular weight is 579 g/mol. The van der Waals surface area contributed by atoms with Crippen LogP contribution >= 0.6 is 0 Å². The minimum atomic E-state index is -0.816. The third kappa shape index (κ3) is 8.98. The van der Waals surface area contributed by atoms with E-state index in [0.717, 1.165) is 11.1 Å². The molecule has 0 aliphatic rings. The number of benzene rings is 4. The van der Waals surface area contributed by atoms with Gasteiger partial charge >= 0.3 is 0 Å². The number of hydrogen-bond acceptors (Lipinski definition) is 8. The molecule has 0 bridgehead atoms. The van der Waals surface area contributed by atoms with E-state index in [2.05, 4.69) is 26.0 Å². The van der Waals surface area contributed by atoms with Crippen LogP contribution in [-0.4, -0.2) is 48.8 Å². The van der Waals surface area contributed by atoms with Crippen molar-refractivity contribution in [1.82, 2.24) is 0 Å². The first-order valence-electron chi connectivity index (χ1n) is 13.9. The molecule has 2 N–H and O–H groups in total. The molecule has 4 aromatic rings. The Bertz CT molecular complexity index is 1400. The highest BCUT2D eigenvalue weighted by Gasteiger charge is 2.23. The highest BCUT2D eigenvalue weighted by atomic mass is 16.5. The summed E-state index contributed by atoms with van der Waals surface area (Å²) in [6.45, 7) is 4.57. The molecular formula is C35H34N2O6. The standard InChI is InChI=1S/C35H34N2O6/c1-35(2,27-7-15-33(16-8-27)42-23-29(38)21-40-31-11-3-25(19-36)4-12-31)28-9-17-34(18-10-28)43-24-30(39)22-41-32-13-5-26(20-37)6-14-32/h3-18,29-30,38-39H,21-24H2,1-2H3. The molecule has 0 saturated carbocycles. The third-order valence-corrected chi connectivity index (χ3v) is 6.89. The lowest BCUT2D eigenvalue weighted by atomic mass is 9.78. The Morgan fingerprint density at radius 1 is 0.512 bits per heavy atom. The molecule has 0 aliphatic carbocycles. The van der Waals surface area contributed by atoms with Gasteiger partial charge in [-0.25, -0.2) is 0 Å². The number of aliphatic hydroxyl groups excluding tert-OH is 2. The topological polar surface area (TPSA) is 125 Å². The molecule has 4 rings (SSSR count). The number of aliphatic hydroxyl groups is 2. The van der Waals surface area contributed by atoms with Gasteiger partial charge in [-0.1, -0.05) is 38.1 Å². The van der Waals surface area contributed by atoms with Gasteiger partial charge in [-0.05, 0) is 83.9 Å². The fourth-order valence-corrected chi connectivity index (χ4v) is 4.22. The summed E-state index contributed by atoms with van der Waals surface area (Å²) in [5.41, 5.74) is 2.98. The minimum Gasteiger partial charge on any atom is -0.491 e. The maximum atomic E-state index is 10.2. The second kappa shape index (κ2) is 14.7. The van der Waals surface area contributed by atoms with Crippen molar-refractivity contribution in [2.24, 2.45) is 0 Å². The molecule has 2 atom stereocenters. The smallest absolute Gasteiger partial charge is 0.122 e. The molecular weight excluding hydrogens is 544 g/mol. The molecule has 0 saturated heterocycles. The highest BCUT2D eigenvalue weighted by molar-refractivity contribution is 5.42. The zero-order chi connectivity index (χ0) is 30.7. The first-order valence-corrected chi connectivity index (χ1v) is 13.9. The predicted octanol–water partition coefficient (Wildman–Crippen LogP) is 5.39. The van der Waals surface area contributed by atoms with Gasteiger partial charge in [0.2, 0.25) is 0 Å². The van der Waals surface area contributed by atoms with Crippen LogP contribution in [0.4, 0.5) is 0 Å². The summed E-state index contributed by atoms with van der Waals surface area (Å²) in [6.07, 6.45) is -1.63. The molecule has 8 nitrogen and oxygen atoms in total. The van der Waals surface area contributed by atoms with Crippen LogP contribution in [0, 0.1) is 22.7 Å². The zero-order valence-electron chi connectivity index (χ0n) is 24.1. The van der Waals surface area contributed by atoms with Crippen LogP contribution < -0.4 is 18.9 Å². The van der Waals surface area contributed by atoms with E-state index in [-0.39, 0.29) is 31.8 Å². The molecule has 2 unspecified atom stereocenters. The third-order valence-electron chi connectivity index (χ3n) is 6.89. The first-order chi connectivity index (χ1) is 20.8. The molecule has 0 aliphatic heterocycles. The predicted molar refractivity (Wildman–Crippen MR) is 161 cm³/mol. The molecule has 43 heavy (non-hydrogen) atoms. The van der Waals surface area contributed by atoms with E-state index in [1.165, 1.54) is 0 Å². The molecule has 0 heterocycles. The van der Waals surface area contributed by atoms with E-state index in [1.54, 1.807) is 48.5 Å². The van der Waals surface area contributed by atoms with Crippen molar-refractivity contribution < 1.29 is 29.2 Å². The molecule has 8 heteroatoms. The van der Waals surface area contributed by atoms with Crippen molar-refractivity contribution >= 4 is 0 Å². The summed E-state index contributed by atoms with van der Waals surface area (Å²) in [5.74, 6) is 2.44. The monoisotopic (exact) mass is 578 g/mol. The highest BCUT2D eigenvalue weighted by Crippen LogP contribution is 2.33. The largest absolute Gasteiger partial charge is 0.491 e. The molecule has 0 aromatic heterocycles. The van der Waals surface area contributed by atoms with E-state index in [4.69, 9.17) is 29.5 Å². The van der Waals surface area contributed by atoms with Crippen LogP contribution in [0.2, 0.25) is 0 Å². The van der Waals surface area contributed by atoms with Crippen LogP contribution in [0.15, 0.2) is 97.1 Å². The quantitative estimate of drug-likeness (QED) is 0.204. The van der Waals surface area contributed by atoms with Gasteiger partial charge in [-0.15, -0.1) is 0 Å². The maximum absolute atomic E-state index is 10.2. The number of hydrogen-bond donors (Lipinski definition) is 2. The van der Waals surface area contributed by atoms with Crippen molar-refractivity contribution in [3.8, 4) is 35.1 Å². The summed E-state index contributed by atoms with van der Waals surface area (Å²) in [6, 6.07) is 33.0. The molecule has 0 radical (unpaired) electrons. The van der Waals surface area contributed by atoms with Gasteiger partial charge in [-0.2, -0.15) is 10.5 Å². The Kier molecular flexibility index (Phi) is 10.6.